The number of halogens is 1. The predicted octanol–water partition coefficient (Wildman–Crippen LogP) is 2.18. The number of methoxy groups -OCH3 is 2. The zero-order valence-electron chi connectivity index (χ0n) is 8.96. The Kier molecular flexibility index (Phi) is 3.66. The highest BCUT2D eigenvalue weighted by Gasteiger charge is 2.14. The first kappa shape index (κ1) is 11.5. The third kappa shape index (κ3) is 2.26. The van der Waals surface area contributed by atoms with E-state index in [1.807, 2.05) is 6.92 Å². The van der Waals surface area contributed by atoms with Gasteiger partial charge in [-0.25, -0.2) is 9.18 Å². The molecular weight excluding hydrogens is 199 g/mol. The van der Waals surface area contributed by atoms with Crippen molar-refractivity contribution in [1.82, 2.24) is 0 Å². The van der Waals surface area contributed by atoms with Gasteiger partial charge in [0.1, 0.15) is 0 Å². The Morgan fingerprint density at radius 1 is 1.40 bits per heavy atom. The molecule has 1 rings (SSSR count). The Balaban J connectivity index is 3.25. The van der Waals surface area contributed by atoms with Crippen LogP contribution in [0.1, 0.15) is 22.8 Å². The van der Waals surface area contributed by atoms with E-state index in [1.54, 1.807) is 6.07 Å². The molecule has 15 heavy (non-hydrogen) atoms. The highest BCUT2D eigenvalue weighted by molar-refractivity contribution is 5.89. The van der Waals surface area contributed by atoms with Crippen LogP contribution in [0.15, 0.2) is 12.1 Å². The van der Waals surface area contributed by atoms with Gasteiger partial charge in [-0.05, 0) is 24.1 Å². The number of benzene rings is 1. The standard InChI is InChI=1S/C11H13FO3/c1-4-7-5-8(11(13)15-3)6-9(12)10(7)14-2/h5-6H,4H2,1-3H3. The molecule has 82 valence electrons. The molecule has 0 fully saturated rings. The van der Waals surface area contributed by atoms with E-state index in [-0.39, 0.29) is 11.3 Å². The van der Waals surface area contributed by atoms with Gasteiger partial charge in [0.25, 0.3) is 0 Å². The second-order valence-electron chi connectivity index (χ2n) is 3.00. The summed E-state index contributed by atoms with van der Waals surface area (Å²) < 4.78 is 22.9. The van der Waals surface area contributed by atoms with Crippen molar-refractivity contribution in [3.05, 3.63) is 29.1 Å². The molecule has 0 unspecified atom stereocenters. The fraction of sp³-hybridized carbons (Fsp3) is 0.364. The quantitative estimate of drug-likeness (QED) is 0.720. The van der Waals surface area contributed by atoms with Gasteiger partial charge in [-0.3, -0.25) is 0 Å². The summed E-state index contributed by atoms with van der Waals surface area (Å²) in [5.41, 5.74) is 0.852. The minimum Gasteiger partial charge on any atom is -0.493 e. The normalized spacial score (nSPS) is 9.87. The van der Waals surface area contributed by atoms with Gasteiger partial charge in [-0.2, -0.15) is 0 Å². The number of aryl methyl sites for hydroxylation is 1. The fourth-order valence-electron chi connectivity index (χ4n) is 1.38. The van der Waals surface area contributed by atoms with Crippen molar-refractivity contribution in [3.8, 4) is 5.75 Å². The third-order valence-corrected chi connectivity index (χ3v) is 2.13. The van der Waals surface area contributed by atoms with Gasteiger partial charge in [0, 0.05) is 0 Å². The van der Waals surface area contributed by atoms with Gasteiger partial charge in [0.2, 0.25) is 0 Å². The summed E-state index contributed by atoms with van der Waals surface area (Å²) in [6.07, 6.45) is 0.588. The van der Waals surface area contributed by atoms with E-state index >= 15 is 0 Å². The molecule has 1 aromatic carbocycles. The number of ether oxygens (including phenoxy) is 2. The predicted molar refractivity (Wildman–Crippen MR) is 53.7 cm³/mol. The van der Waals surface area contributed by atoms with Crippen LogP contribution in [0.4, 0.5) is 4.39 Å². The van der Waals surface area contributed by atoms with Gasteiger partial charge in [0.05, 0.1) is 19.8 Å². The molecule has 4 heteroatoms. The Morgan fingerprint density at radius 2 is 2.07 bits per heavy atom. The molecule has 0 bridgehead atoms. The number of hydrogen-bond donors (Lipinski definition) is 0. The molecule has 0 saturated carbocycles. The highest BCUT2D eigenvalue weighted by atomic mass is 19.1. The van der Waals surface area contributed by atoms with Crippen LogP contribution >= 0.6 is 0 Å². The first-order valence-corrected chi connectivity index (χ1v) is 4.58. The lowest BCUT2D eigenvalue weighted by atomic mass is 10.1. The second-order valence-corrected chi connectivity index (χ2v) is 3.00. The molecule has 0 aliphatic heterocycles. The van der Waals surface area contributed by atoms with E-state index in [1.165, 1.54) is 14.2 Å². The molecule has 3 nitrogen and oxygen atoms in total. The molecule has 0 aromatic heterocycles. The number of esters is 1. The number of carbonyl (C=O) groups is 1. The van der Waals surface area contributed by atoms with Crippen LogP contribution in [0.5, 0.6) is 5.75 Å². The average Bonchev–Trinajstić information content (AvgIpc) is 2.26. The van der Waals surface area contributed by atoms with Crippen molar-refractivity contribution in [3.63, 3.8) is 0 Å². The minimum atomic E-state index is -0.550. The van der Waals surface area contributed by atoms with Crippen molar-refractivity contribution in [2.45, 2.75) is 13.3 Å². The third-order valence-electron chi connectivity index (χ3n) is 2.13. The highest BCUT2D eigenvalue weighted by Crippen LogP contribution is 2.25. The van der Waals surface area contributed by atoms with Crippen LogP contribution in [0, 0.1) is 5.82 Å². The molecule has 0 heterocycles. The summed E-state index contributed by atoms with van der Waals surface area (Å²) in [7, 11) is 2.66. The lowest BCUT2D eigenvalue weighted by Crippen LogP contribution is -2.04. The summed E-state index contributed by atoms with van der Waals surface area (Å²) in [5.74, 6) is -0.909. The molecule has 0 N–H and O–H groups in total. The molecule has 0 aliphatic rings. The van der Waals surface area contributed by atoms with Crippen molar-refractivity contribution < 1.29 is 18.7 Å². The van der Waals surface area contributed by atoms with Crippen molar-refractivity contribution in [1.29, 1.82) is 0 Å². The Hall–Kier alpha value is -1.58. The monoisotopic (exact) mass is 212 g/mol. The summed E-state index contributed by atoms with van der Waals surface area (Å²) in [4.78, 5) is 11.2. The van der Waals surface area contributed by atoms with Crippen LogP contribution in [0.2, 0.25) is 0 Å². The average molecular weight is 212 g/mol. The van der Waals surface area contributed by atoms with Crippen LogP contribution in [-0.2, 0) is 11.2 Å². The molecule has 0 spiro atoms. The molecule has 0 saturated heterocycles. The first-order chi connectivity index (χ1) is 7.13. The van der Waals surface area contributed by atoms with Gasteiger partial charge in [-0.15, -0.1) is 0 Å². The summed E-state index contributed by atoms with van der Waals surface area (Å²) in [6, 6.07) is 2.69. The van der Waals surface area contributed by atoms with E-state index in [0.29, 0.717) is 12.0 Å². The van der Waals surface area contributed by atoms with Crippen LogP contribution in [0.3, 0.4) is 0 Å². The summed E-state index contributed by atoms with van der Waals surface area (Å²) >= 11 is 0. The molecular formula is C11H13FO3. The van der Waals surface area contributed by atoms with Crippen LogP contribution in [-0.4, -0.2) is 20.2 Å². The van der Waals surface area contributed by atoms with Gasteiger partial charge < -0.3 is 9.47 Å². The lowest BCUT2D eigenvalue weighted by Gasteiger charge is -2.09. The largest absolute Gasteiger partial charge is 0.493 e. The molecule has 1 aromatic rings. The fourth-order valence-corrected chi connectivity index (χ4v) is 1.38. The SMILES string of the molecule is CCc1cc(C(=O)OC)cc(F)c1OC. The Bertz CT molecular complexity index is 374. The number of rotatable bonds is 3. The topological polar surface area (TPSA) is 35.5 Å². The first-order valence-electron chi connectivity index (χ1n) is 4.58. The zero-order chi connectivity index (χ0) is 11.4. The lowest BCUT2D eigenvalue weighted by molar-refractivity contribution is 0.0600. The van der Waals surface area contributed by atoms with E-state index in [4.69, 9.17) is 4.74 Å². The van der Waals surface area contributed by atoms with E-state index in [9.17, 15) is 9.18 Å². The van der Waals surface area contributed by atoms with Crippen LogP contribution in [0.25, 0.3) is 0 Å². The maximum atomic E-state index is 13.5. The summed E-state index contributed by atoms with van der Waals surface area (Å²) in [6.45, 7) is 1.86. The zero-order valence-corrected chi connectivity index (χ0v) is 8.96. The van der Waals surface area contributed by atoms with Gasteiger partial charge in [0.15, 0.2) is 11.6 Å². The maximum Gasteiger partial charge on any atom is 0.337 e. The van der Waals surface area contributed by atoms with Crippen molar-refractivity contribution >= 4 is 5.97 Å². The molecule has 0 atom stereocenters. The number of carbonyl (C=O) groups excluding carboxylic acids is 1. The maximum absolute atomic E-state index is 13.5. The second kappa shape index (κ2) is 4.77. The molecule has 0 aliphatic carbocycles. The Labute approximate surface area is 87.8 Å². The van der Waals surface area contributed by atoms with Crippen LogP contribution < -0.4 is 4.74 Å². The Morgan fingerprint density at radius 3 is 2.53 bits per heavy atom. The van der Waals surface area contributed by atoms with Crippen molar-refractivity contribution in [2.24, 2.45) is 0 Å². The summed E-state index contributed by atoms with van der Waals surface area (Å²) in [5, 5.41) is 0. The van der Waals surface area contributed by atoms with Gasteiger partial charge in [-0.1, -0.05) is 6.92 Å². The number of hydrogen-bond acceptors (Lipinski definition) is 3. The van der Waals surface area contributed by atoms with E-state index in [0.717, 1.165) is 6.07 Å². The molecule has 0 radical (unpaired) electrons. The van der Waals surface area contributed by atoms with Crippen molar-refractivity contribution in [2.75, 3.05) is 14.2 Å². The van der Waals surface area contributed by atoms with Gasteiger partial charge >= 0.3 is 5.97 Å². The van der Waals surface area contributed by atoms with E-state index in [2.05, 4.69) is 4.74 Å². The smallest absolute Gasteiger partial charge is 0.337 e. The minimum absolute atomic E-state index is 0.185. The van der Waals surface area contributed by atoms with E-state index < -0.39 is 11.8 Å². The molecule has 0 amide bonds.